The normalized spacial score (nSPS) is 20.1. The standard InChI is InChI=1S/C14H18FNO3/c1-9(16-14(17)13-4-3-7-19-13)10-5-6-12(18-2)11(15)8-10/h5-6,8-9,13H,3-4,7H2,1-2H3,(H,16,17). The number of amides is 1. The minimum absolute atomic E-state index is 0.138. The van der Waals surface area contributed by atoms with Gasteiger partial charge in [0.2, 0.25) is 5.91 Å². The molecule has 0 bridgehead atoms. The van der Waals surface area contributed by atoms with E-state index in [1.165, 1.54) is 13.2 Å². The van der Waals surface area contributed by atoms with Gasteiger partial charge in [0, 0.05) is 6.61 Å². The summed E-state index contributed by atoms with van der Waals surface area (Å²) in [4.78, 5) is 11.9. The largest absolute Gasteiger partial charge is 0.494 e. The van der Waals surface area contributed by atoms with Crippen molar-refractivity contribution in [2.24, 2.45) is 0 Å². The molecule has 1 aromatic rings. The van der Waals surface area contributed by atoms with Gasteiger partial charge in [-0.2, -0.15) is 0 Å². The Kier molecular flexibility index (Phi) is 4.37. The summed E-state index contributed by atoms with van der Waals surface area (Å²) in [7, 11) is 1.42. The van der Waals surface area contributed by atoms with Gasteiger partial charge in [0.25, 0.3) is 0 Å². The summed E-state index contributed by atoms with van der Waals surface area (Å²) in [5, 5.41) is 2.83. The Hall–Kier alpha value is -1.62. The molecule has 4 nitrogen and oxygen atoms in total. The molecule has 1 aromatic carbocycles. The van der Waals surface area contributed by atoms with Crippen molar-refractivity contribution < 1.29 is 18.7 Å². The molecule has 2 rings (SSSR count). The van der Waals surface area contributed by atoms with Gasteiger partial charge in [-0.05, 0) is 37.5 Å². The summed E-state index contributed by atoms with van der Waals surface area (Å²) in [6.45, 7) is 2.44. The molecular weight excluding hydrogens is 249 g/mol. The van der Waals surface area contributed by atoms with Gasteiger partial charge in [-0.1, -0.05) is 6.07 Å². The highest BCUT2D eigenvalue weighted by atomic mass is 19.1. The zero-order valence-corrected chi connectivity index (χ0v) is 11.1. The van der Waals surface area contributed by atoms with Crippen LogP contribution in [0.2, 0.25) is 0 Å². The highest BCUT2D eigenvalue weighted by molar-refractivity contribution is 5.81. The van der Waals surface area contributed by atoms with Crippen molar-refractivity contribution in [2.45, 2.75) is 31.9 Å². The molecule has 1 heterocycles. The molecule has 1 fully saturated rings. The van der Waals surface area contributed by atoms with Crippen molar-refractivity contribution in [1.82, 2.24) is 5.32 Å². The van der Waals surface area contributed by atoms with Crippen LogP contribution in [0, 0.1) is 5.82 Å². The Labute approximate surface area is 111 Å². The van der Waals surface area contributed by atoms with Crippen LogP contribution < -0.4 is 10.1 Å². The fraction of sp³-hybridized carbons (Fsp3) is 0.500. The van der Waals surface area contributed by atoms with Gasteiger partial charge in [0.1, 0.15) is 6.10 Å². The summed E-state index contributed by atoms with van der Waals surface area (Å²) < 4.78 is 23.8. The van der Waals surface area contributed by atoms with E-state index in [9.17, 15) is 9.18 Å². The molecule has 1 saturated heterocycles. The number of nitrogens with one attached hydrogen (secondary N) is 1. The molecule has 104 valence electrons. The van der Waals surface area contributed by atoms with Crippen LogP contribution in [0.1, 0.15) is 31.4 Å². The Balaban J connectivity index is 2.00. The lowest BCUT2D eigenvalue weighted by Gasteiger charge is -2.17. The number of hydrogen-bond acceptors (Lipinski definition) is 3. The van der Waals surface area contributed by atoms with Gasteiger partial charge >= 0.3 is 0 Å². The topological polar surface area (TPSA) is 47.6 Å². The second kappa shape index (κ2) is 6.02. The molecule has 2 unspecified atom stereocenters. The zero-order chi connectivity index (χ0) is 13.8. The Morgan fingerprint density at radius 3 is 2.95 bits per heavy atom. The summed E-state index contributed by atoms with van der Waals surface area (Å²) in [6, 6.07) is 4.40. The maximum atomic E-state index is 13.6. The number of carbonyl (C=O) groups excluding carboxylic acids is 1. The van der Waals surface area contributed by atoms with Crippen molar-refractivity contribution in [3.05, 3.63) is 29.6 Å². The van der Waals surface area contributed by atoms with Crippen LogP contribution in [-0.2, 0) is 9.53 Å². The van der Waals surface area contributed by atoms with Gasteiger partial charge < -0.3 is 14.8 Å². The molecule has 0 aliphatic carbocycles. The van der Waals surface area contributed by atoms with Crippen molar-refractivity contribution in [3.8, 4) is 5.75 Å². The highest BCUT2D eigenvalue weighted by Gasteiger charge is 2.25. The summed E-state index contributed by atoms with van der Waals surface area (Å²) in [5.74, 6) is -0.374. The number of hydrogen-bond donors (Lipinski definition) is 1. The number of benzene rings is 1. The molecule has 0 saturated carbocycles. The molecular formula is C14H18FNO3. The van der Waals surface area contributed by atoms with Crippen LogP contribution in [0.4, 0.5) is 4.39 Å². The minimum Gasteiger partial charge on any atom is -0.494 e. The molecule has 0 spiro atoms. The van der Waals surface area contributed by atoms with E-state index in [1.807, 2.05) is 6.92 Å². The van der Waals surface area contributed by atoms with E-state index in [0.29, 0.717) is 12.2 Å². The summed E-state index contributed by atoms with van der Waals surface area (Å²) in [6.07, 6.45) is 1.28. The first-order valence-electron chi connectivity index (χ1n) is 6.37. The molecule has 19 heavy (non-hydrogen) atoms. The van der Waals surface area contributed by atoms with Gasteiger partial charge in [0.15, 0.2) is 11.6 Å². The van der Waals surface area contributed by atoms with Crippen molar-refractivity contribution in [3.63, 3.8) is 0 Å². The predicted octanol–water partition coefficient (Wildman–Crippen LogP) is 2.19. The van der Waals surface area contributed by atoms with Gasteiger partial charge in [0.05, 0.1) is 13.2 Å². The second-order valence-electron chi connectivity index (χ2n) is 4.63. The quantitative estimate of drug-likeness (QED) is 0.909. The predicted molar refractivity (Wildman–Crippen MR) is 68.5 cm³/mol. The number of carbonyl (C=O) groups is 1. The van der Waals surface area contributed by atoms with Gasteiger partial charge in [-0.15, -0.1) is 0 Å². The lowest BCUT2D eigenvalue weighted by Crippen LogP contribution is -2.35. The van der Waals surface area contributed by atoms with Crippen LogP contribution in [-0.4, -0.2) is 25.7 Å². The molecule has 1 aliphatic rings. The molecule has 1 amide bonds. The average Bonchev–Trinajstić information content (AvgIpc) is 2.92. The molecule has 5 heteroatoms. The minimum atomic E-state index is -0.432. The zero-order valence-electron chi connectivity index (χ0n) is 11.1. The van der Waals surface area contributed by atoms with Crippen LogP contribution >= 0.6 is 0 Å². The number of rotatable bonds is 4. The van der Waals surface area contributed by atoms with Crippen LogP contribution in [0.3, 0.4) is 0 Å². The maximum absolute atomic E-state index is 13.6. The van der Waals surface area contributed by atoms with E-state index in [1.54, 1.807) is 12.1 Å². The van der Waals surface area contributed by atoms with E-state index in [-0.39, 0.29) is 23.8 Å². The van der Waals surface area contributed by atoms with E-state index < -0.39 is 5.82 Å². The Morgan fingerprint density at radius 2 is 2.37 bits per heavy atom. The van der Waals surface area contributed by atoms with Gasteiger partial charge in [-0.3, -0.25) is 4.79 Å². The monoisotopic (exact) mass is 267 g/mol. The first-order chi connectivity index (χ1) is 9.11. The third-order valence-corrected chi connectivity index (χ3v) is 3.26. The molecule has 0 radical (unpaired) electrons. The molecule has 1 aliphatic heterocycles. The van der Waals surface area contributed by atoms with Crippen LogP contribution in [0.15, 0.2) is 18.2 Å². The third kappa shape index (κ3) is 3.23. The molecule has 1 N–H and O–H groups in total. The van der Waals surface area contributed by atoms with E-state index in [2.05, 4.69) is 5.32 Å². The Morgan fingerprint density at radius 1 is 1.58 bits per heavy atom. The summed E-state index contributed by atoms with van der Waals surface area (Å²) in [5.41, 5.74) is 0.699. The Bertz CT molecular complexity index is 458. The van der Waals surface area contributed by atoms with Crippen molar-refractivity contribution in [1.29, 1.82) is 0 Å². The van der Waals surface area contributed by atoms with Crippen LogP contribution in [0.25, 0.3) is 0 Å². The number of halogens is 1. The molecule has 2 atom stereocenters. The average molecular weight is 267 g/mol. The smallest absolute Gasteiger partial charge is 0.249 e. The lowest BCUT2D eigenvalue weighted by molar-refractivity contribution is -0.130. The third-order valence-electron chi connectivity index (χ3n) is 3.26. The van der Waals surface area contributed by atoms with E-state index >= 15 is 0 Å². The second-order valence-corrected chi connectivity index (χ2v) is 4.63. The number of ether oxygens (including phenoxy) is 2. The van der Waals surface area contributed by atoms with Crippen molar-refractivity contribution >= 4 is 5.91 Å². The van der Waals surface area contributed by atoms with Crippen LogP contribution in [0.5, 0.6) is 5.75 Å². The van der Waals surface area contributed by atoms with Gasteiger partial charge in [-0.25, -0.2) is 4.39 Å². The van der Waals surface area contributed by atoms with E-state index in [4.69, 9.17) is 9.47 Å². The molecule has 0 aromatic heterocycles. The fourth-order valence-corrected chi connectivity index (χ4v) is 2.13. The van der Waals surface area contributed by atoms with Crippen molar-refractivity contribution in [2.75, 3.05) is 13.7 Å². The van der Waals surface area contributed by atoms with E-state index in [0.717, 1.165) is 12.8 Å². The first-order valence-corrected chi connectivity index (χ1v) is 6.37. The first kappa shape index (κ1) is 13.8. The lowest BCUT2D eigenvalue weighted by atomic mass is 10.1. The summed E-state index contributed by atoms with van der Waals surface area (Å²) >= 11 is 0. The maximum Gasteiger partial charge on any atom is 0.249 e. The highest BCUT2D eigenvalue weighted by Crippen LogP contribution is 2.22. The fourth-order valence-electron chi connectivity index (χ4n) is 2.13. The SMILES string of the molecule is COc1ccc(C(C)NC(=O)C2CCCO2)cc1F. The number of methoxy groups -OCH3 is 1.